The monoisotopic (exact) mass is 568 g/mol. The summed E-state index contributed by atoms with van der Waals surface area (Å²) in [5.74, 6) is -4.43. The molecule has 0 aromatic carbocycles. The van der Waals surface area contributed by atoms with E-state index in [9.17, 15) is 39.0 Å². The molecule has 0 aliphatic rings. The lowest BCUT2D eigenvalue weighted by atomic mass is 9.74. The van der Waals surface area contributed by atoms with Gasteiger partial charge in [0, 0.05) is 43.6 Å². The zero-order valence-electron chi connectivity index (χ0n) is 25.6. The predicted octanol–water partition coefficient (Wildman–Crippen LogP) is 4.53. The molecule has 0 aliphatic heterocycles. The third kappa shape index (κ3) is 17.0. The molecule has 10 nitrogen and oxygen atoms in total. The Kier molecular flexibility index (Phi) is 16.6. The van der Waals surface area contributed by atoms with Gasteiger partial charge >= 0.3 is 11.9 Å². The quantitative estimate of drug-likeness (QED) is 0.155. The summed E-state index contributed by atoms with van der Waals surface area (Å²) < 4.78 is 0. The van der Waals surface area contributed by atoms with Gasteiger partial charge in [-0.2, -0.15) is 0 Å². The lowest BCUT2D eigenvalue weighted by Crippen LogP contribution is -2.42. The molecule has 0 heterocycles. The van der Waals surface area contributed by atoms with Crippen molar-refractivity contribution >= 4 is 35.3 Å². The molecule has 0 aliphatic carbocycles. The summed E-state index contributed by atoms with van der Waals surface area (Å²) in [5, 5.41) is 23.9. The minimum atomic E-state index is -1.29. The maximum absolute atomic E-state index is 12.9. The Bertz CT molecular complexity index is 870. The highest BCUT2D eigenvalue weighted by Gasteiger charge is 2.32. The predicted molar refractivity (Wildman–Crippen MR) is 153 cm³/mol. The summed E-state index contributed by atoms with van der Waals surface area (Å²) in [4.78, 5) is 72.2. The summed E-state index contributed by atoms with van der Waals surface area (Å²) in [6.07, 6.45) is 3.19. The number of aliphatic carboxylic acids is 2. The topological polar surface area (TPSA) is 167 Å². The third-order valence-corrected chi connectivity index (χ3v) is 6.64. The van der Waals surface area contributed by atoms with Crippen LogP contribution < -0.4 is 10.6 Å². The van der Waals surface area contributed by atoms with E-state index in [0.29, 0.717) is 19.4 Å². The van der Waals surface area contributed by atoms with Crippen LogP contribution in [0.2, 0.25) is 0 Å². The Balaban J connectivity index is 4.60. The first-order valence-electron chi connectivity index (χ1n) is 14.4. The molecule has 3 atom stereocenters. The molecule has 0 spiro atoms. The molecule has 4 N–H and O–H groups in total. The number of ketones is 2. The molecule has 3 unspecified atom stereocenters. The Labute approximate surface area is 239 Å². The number of amides is 2. The second-order valence-corrected chi connectivity index (χ2v) is 13.0. The summed E-state index contributed by atoms with van der Waals surface area (Å²) >= 11 is 0. The van der Waals surface area contributed by atoms with Crippen molar-refractivity contribution in [3.8, 4) is 0 Å². The van der Waals surface area contributed by atoms with E-state index in [1.165, 1.54) is 0 Å². The van der Waals surface area contributed by atoms with Crippen LogP contribution in [0.5, 0.6) is 0 Å². The number of carboxylic acids is 2. The van der Waals surface area contributed by atoms with E-state index in [4.69, 9.17) is 0 Å². The van der Waals surface area contributed by atoms with Gasteiger partial charge in [0.2, 0.25) is 11.8 Å². The van der Waals surface area contributed by atoms with Gasteiger partial charge in [-0.25, -0.2) is 4.79 Å². The van der Waals surface area contributed by atoms with E-state index in [2.05, 4.69) is 31.4 Å². The molecule has 230 valence electrons. The minimum Gasteiger partial charge on any atom is -0.481 e. The molecule has 0 radical (unpaired) electrons. The fourth-order valence-electron chi connectivity index (χ4n) is 4.58. The maximum Gasteiger partial charge on any atom is 0.326 e. The first kappa shape index (κ1) is 37.2. The van der Waals surface area contributed by atoms with Gasteiger partial charge in [0.15, 0.2) is 0 Å². The minimum absolute atomic E-state index is 0.0293. The lowest BCUT2D eigenvalue weighted by Gasteiger charge is -2.30. The molecule has 40 heavy (non-hydrogen) atoms. The molecule has 0 aromatic rings. The Morgan fingerprint density at radius 2 is 1.32 bits per heavy atom. The Morgan fingerprint density at radius 1 is 0.725 bits per heavy atom. The van der Waals surface area contributed by atoms with Crippen molar-refractivity contribution in [3.05, 3.63) is 0 Å². The van der Waals surface area contributed by atoms with Crippen LogP contribution in [0.15, 0.2) is 0 Å². The zero-order chi connectivity index (χ0) is 31.1. The van der Waals surface area contributed by atoms with Crippen molar-refractivity contribution in [1.29, 1.82) is 0 Å². The van der Waals surface area contributed by atoms with Crippen LogP contribution in [0.3, 0.4) is 0 Å². The van der Waals surface area contributed by atoms with Crippen molar-refractivity contribution in [2.45, 2.75) is 125 Å². The molecule has 0 saturated carbocycles. The fraction of sp³-hybridized carbons (Fsp3) is 0.800. The molecule has 0 rings (SSSR count). The van der Waals surface area contributed by atoms with E-state index in [0.717, 1.165) is 19.3 Å². The van der Waals surface area contributed by atoms with Gasteiger partial charge in [0.05, 0.1) is 5.92 Å². The lowest BCUT2D eigenvalue weighted by molar-refractivity contribution is -0.145. The van der Waals surface area contributed by atoms with Gasteiger partial charge < -0.3 is 20.8 Å². The van der Waals surface area contributed by atoms with Crippen molar-refractivity contribution in [2.24, 2.45) is 22.7 Å². The standard InChI is InChI=1S/C30H52N2O8/c1-8-11-22(33)18-20(27(37)38)13-15-25(35)32-23(28(39)40)14-16-24(34)31-17-10-9-12-21(19-29(2,3)4)26(36)30(5,6)7/h20-21,23H,8-19H2,1-7H3,(H,31,34)(H,32,35)(H,37,38)(H,39,40). The number of hydrogen-bond acceptors (Lipinski definition) is 6. The summed E-state index contributed by atoms with van der Waals surface area (Å²) in [7, 11) is 0. The van der Waals surface area contributed by atoms with Crippen molar-refractivity contribution in [3.63, 3.8) is 0 Å². The van der Waals surface area contributed by atoms with E-state index < -0.39 is 35.2 Å². The molecule has 0 aromatic heterocycles. The number of carboxylic acid groups (broad SMARTS) is 2. The van der Waals surface area contributed by atoms with Crippen molar-refractivity contribution in [2.75, 3.05) is 6.54 Å². The molecule has 0 saturated heterocycles. The average Bonchev–Trinajstić information content (AvgIpc) is 2.81. The molecule has 2 amide bonds. The molecular weight excluding hydrogens is 516 g/mol. The zero-order valence-corrected chi connectivity index (χ0v) is 25.6. The molecular formula is C30H52N2O8. The van der Waals surface area contributed by atoms with E-state index in [-0.39, 0.29) is 67.3 Å². The van der Waals surface area contributed by atoms with E-state index in [1.54, 1.807) is 0 Å². The van der Waals surface area contributed by atoms with Crippen LogP contribution in [0.1, 0.15) is 119 Å². The van der Waals surface area contributed by atoms with Crippen LogP contribution in [0.4, 0.5) is 0 Å². The number of carbonyl (C=O) groups excluding carboxylic acids is 4. The summed E-state index contributed by atoms with van der Waals surface area (Å²) in [6, 6.07) is -1.29. The van der Waals surface area contributed by atoms with Gasteiger partial charge in [0.25, 0.3) is 0 Å². The number of Topliss-reactive ketones (excluding diaryl/α,β-unsaturated/α-hetero) is 2. The van der Waals surface area contributed by atoms with Crippen LogP contribution in [-0.2, 0) is 28.8 Å². The highest BCUT2D eigenvalue weighted by Crippen LogP contribution is 2.33. The Morgan fingerprint density at radius 3 is 1.82 bits per heavy atom. The van der Waals surface area contributed by atoms with Gasteiger partial charge in [-0.05, 0) is 43.9 Å². The number of rotatable bonds is 20. The number of unbranched alkanes of at least 4 members (excludes halogenated alkanes) is 1. The highest BCUT2D eigenvalue weighted by atomic mass is 16.4. The number of nitrogens with one attached hydrogen (secondary N) is 2. The molecule has 10 heteroatoms. The van der Waals surface area contributed by atoms with Crippen LogP contribution in [0.25, 0.3) is 0 Å². The normalized spacial score (nSPS) is 14.1. The second kappa shape index (κ2) is 17.8. The van der Waals surface area contributed by atoms with Gasteiger partial charge in [-0.15, -0.1) is 0 Å². The van der Waals surface area contributed by atoms with Crippen molar-refractivity contribution in [1.82, 2.24) is 10.6 Å². The number of hydrogen-bond donors (Lipinski definition) is 4. The molecule has 0 bridgehead atoms. The van der Waals surface area contributed by atoms with Gasteiger partial charge in [-0.1, -0.05) is 54.9 Å². The van der Waals surface area contributed by atoms with Gasteiger partial charge in [-0.3, -0.25) is 24.0 Å². The SMILES string of the molecule is CCCC(=O)CC(CCC(=O)NC(CCC(=O)NCCCCC(CC(C)(C)C)C(=O)C(C)(C)C)C(=O)O)C(=O)O. The maximum atomic E-state index is 12.9. The van der Waals surface area contributed by atoms with Crippen molar-refractivity contribution < 1.29 is 39.0 Å². The second-order valence-electron chi connectivity index (χ2n) is 13.0. The summed E-state index contributed by atoms with van der Waals surface area (Å²) in [5.41, 5.74) is -0.382. The van der Waals surface area contributed by atoms with Gasteiger partial charge in [0.1, 0.15) is 17.6 Å². The first-order valence-corrected chi connectivity index (χ1v) is 14.4. The van der Waals surface area contributed by atoms with Crippen LogP contribution in [-0.4, -0.2) is 58.1 Å². The first-order chi connectivity index (χ1) is 18.4. The third-order valence-electron chi connectivity index (χ3n) is 6.64. The number of carbonyl (C=O) groups is 6. The Hall–Kier alpha value is -2.78. The average molecular weight is 569 g/mol. The van der Waals surface area contributed by atoms with Crippen LogP contribution >= 0.6 is 0 Å². The van der Waals surface area contributed by atoms with E-state index >= 15 is 0 Å². The smallest absolute Gasteiger partial charge is 0.326 e. The van der Waals surface area contributed by atoms with Crippen LogP contribution in [0, 0.1) is 22.7 Å². The summed E-state index contributed by atoms with van der Waals surface area (Å²) in [6.45, 7) is 14.4. The highest BCUT2D eigenvalue weighted by molar-refractivity contribution is 5.87. The largest absolute Gasteiger partial charge is 0.481 e. The fourth-order valence-corrected chi connectivity index (χ4v) is 4.58. The molecule has 0 fully saturated rings. The van der Waals surface area contributed by atoms with E-state index in [1.807, 2.05) is 27.7 Å².